The zero-order valence-corrected chi connectivity index (χ0v) is 47.5. The Hall–Kier alpha value is -2.81. The number of alkyl halides is 1. The molecule has 20 nitrogen and oxygen atoms in total. The van der Waals surface area contributed by atoms with Gasteiger partial charge in [0.1, 0.15) is 48.8 Å². The maximum Gasteiger partial charge on any atom is 0.309 e. The van der Waals surface area contributed by atoms with E-state index in [-0.39, 0.29) is 30.1 Å². The van der Waals surface area contributed by atoms with E-state index in [1.165, 1.54) is 38.0 Å². The molecule has 5 rings (SSSR count). The van der Waals surface area contributed by atoms with Crippen LogP contribution in [0.15, 0.2) is 35.4 Å². The van der Waals surface area contributed by atoms with E-state index >= 15 is 0 Å². The average molecular weight is 1090 g/mol. The van der Waals surface area contributed by atoms with Gasteiger partial charge < -0.3 is 68.9 Å². The molecule has 2 aromatic rings. The predicted octanol–water partition coefficient (Wildman–Crippen LogP) is 3.04. The molecule has 430 valence electrons. The SMILES string of the molecule is CC[C@H]1OC(=O)[C@H](C)[C@@H](C2C[C@@](C)(OC)[C@@H](O)[C@H](C)O2)[C@H](C)[C@@H](O[C@@H]2O[C@H](C)C[C@H](N(C)CCc3cn([C@H](CF)[C@H](OC)c4ccc(S(=O)(=O)CCO)cc4)nn3)[C@H]2O)[C@](C)(O)C[C@@H](C)CN(C)[C@H](C)[C@@H](O)[C@]1(C)O. The third kappa shape index (κ3) is 14.3. The number of aromatic nitrogens is 3. The van der Waals surface area contributed by atoms with Gasteiger partial charge >= 0.3 is 5.97 Å². The van der Waals surface area contributed by atoms with Gasteiger partial charge in [0, 0.05) is 64.3 Å². The number of sulfone groups is 1. The van der Waals surface area contributed by atoms with Crippen LogP contribution in [0.5, 0.6) is 0 Å². The molecule has 4 heterocycles. The summed E-state index contributed by atoms with van der Waals surface area (Å²) < 4.78 is 79.0. The number of halogens is 1. The molecule has 20 atom stereocenters. The molecule has 3 aliphatic rings. The van der Waals surface area contributed by atoms with Gasteiger partial charge in [-0.05, 0) is 104 Å². The number of esters is 1. The normalized spacial score (nSPS) is 39.1. The van der Waals surface area contributed by atoms with Crippen molar-refractivity contribution >= 4 is 15.8 Å². The summed E-state index contributed by atoms with van der Waals surface area (Å²) in [6, 6.07) is 3.82. The van der Waals surface area contributed by atoms with E-state index in [0.29, 0.717) is 37.2 Å². The van der Waals surface area contributed by atoms with Gasteiger partial charge in [-0.1, -0.05) is 45.0 Å². The molecule has 3 aliphatic heterocycles. The number of likely N-dealkylation sites (N-methyl/N-ethyl adjacent to an activating group) is 2. The van der Waals surface area contributed by atoms with Gasteiger partial charge in [-0.3, -0.25) is 4.79 Å². The smallest absolute Gasteiger partial charge is 0.309 e. The van der Waals surface area contributed by atoms with Gasteiger partial charge in [-0.15, -0.1) is 5.10 Å². The van der Waals surface area contributed by atoms with Crippen LogP contribution in [-0.2, 0) is 49.5 Å². The van der Waals surface area contributed by atoms with Gasteiger partial charge in [0.15, 0.2) is 16.1 Å². The molecule has 75 heavy (non-hydrogen) atoms. The minimum Gasteiger partial charge on any atom is -0.459 e. The molecule has 3 fully saturated rings. The lowest BCUT2D eigenvalue weighted by Gasteiger charge is -2.51. The highest BCUT2D eigenvalue weighted by Crippen LogP contribution is 2.45. The zero-order valence-electron chi connectivity index (χ0n) is 46.7. The molecule has 0 spiro atoms. The van der Waals surface area contributed by atoms with Crippen LogP contribution >= 0.6 is 0 Å². The third-order valence-corrected chi connectivity index (χ3v) is 18.5. The summed E-state index contributed by atoms with van der Waals surface area (Å²) in [5.74, 6) is -3.79. The largest absolute Gasteiger partial charge is 0.459 e. The molecule has 1 aromatic carbocycles. The summed E-state index contributed by atoms with van der Waals surface area (Å²) in [6.45, 7) is 17.0. The predicted molar refractivity (Wildman–Crippen MR) is 276 cm³/mol. The van der Waals surface area contributed by atoms with Crippen molar-refractivity contribution in [2.45, 2.75) is 202 Å². The van der Waals surface area contributed by atoms with E-state index in [2.05, 4.69) is 10.3 Å². The number of cyclic esters (lactones) is 1. The van der Waals surface area contributed by atoms with Gasteiger partial charge in [-0.2, -0.15) is 0 Å². The summed E-state index contributed by atoms with van der Waals surface area (Å²) >= 11 is 0. The second-order valence-corrected chi connectivity index (χ2v) is 24.8. The topological polar surface area (TPSA) is 265 Å². The Bertz CT molecular complexity index is 2230. The number of carbonyl (C=O) groups excluding carboxylic acids is 1. The van der Waals surface area contributed by atoms with E-state index in [9.17, 15) is 48.2 Å². The Labute approximate surface area is 444 Å². The van der Waals surface area contributed by atoms with E-state index < -0.39 is 149 Å². The first kappa shape index (κ1) is 63.0. The van der Waals surface area contributed by atoms with Crippen LogP contribution in [0.4, 0.5) is 4.39 Å². The van der Waals surface area contributed by atoms with Crippen molar-refractivity contribution in [2.24, 2.45) is 23.7 Å². The highest BCUT2D eigenvalue weighted by Gasteiger charge is 2.55. The van der Waals surface area contributed by atoms with Crippen LogP contribution < -0.4 is 0 Å². The first-order chi connectivity index (χ1) is 35.0. The Morgan fingerprint density at radius 1 is 0.987 bits per heavy atom. The Balaban J connectivity index is 1.44. The fourth-order valence-electron chi connectivity index (χ4n) is 12.2. The fraction of sp³-hybridized carbons (Fsp3) is 0.830. The molecule has 22 heteroatoms. The van der Waals surface area contributed by atoms with Crippen molar-refractivity contribution in [1.82, 2.24) is 24.8 Å². The van der Waals surface area contributed by atoms with Crippen molar-refractivity contribution in [3.63, 3.8) is 0 Å². The van der Waals surface area contributed by atoms with Crippen LogP contribution in [-0.4, -0.2) is 214 Å². The lowest BCUT2D eigenvalue weighted by molar-refractivity contribution is -0.302. The molecule has 1 unspecified atom stereocenters. The van der Waals surface area contributed by atoms with E-state index in [1.807, 2.05) is 44.7 Å². The van der Waals surface area contributed by atoms with Crippen LogP contribution in [0.3, 0.4) is 0 Å². The molecular formula is C53H90FN5O15S. The molecule has 6 N–H and O–H groups in total. The number of benzene rings is 1. The number of methoxy groups -OCH3 is 2. The highest BCUT2D eigenvalue weighted by molar-refractivity contribution is 7.91. The Kier molecular flexibility index (Phi) is 21.8. The molecule has 0 bridgehead atoms. The maximum absolute atomic E-state index is 14.8. The van der Waals surface area contributed by atoms with Gasteiger partial charge in [0.05, 0.1) is 64.5 Å². The van der Waals surface area contributed by atoms with Crippen molar-refractivity contribution < 1.29 is 76.7 Å². The molecular weight excluding hydrogens is 998 g/mol. The standard InChI is InChI=1S/C53H90FN5O15S/c1-15-42-53(10,66)46(62)34(6)58(12)28-30(2)25-51(8,65)48(32(4)43(33(5)49(64)73-42)41-26-52(9,70-14)47(63)35(7)72-41)74-50-44(61)39(24-31(3)71-50)57(11)21-20-37-29-59(56-55-37)40(27-54)45(69-13)36-16-18-38(19-17-36)75(67,68)23-22-60/h16-19,29-35,39-48,50,60-63,65-66H,15,20-28H2,1-14H3/t30-,31-,32+,33-,34-,35+,39+,40-,41?,42-,43+,44-,45-,46-,47+,48-,50+,51-,52-,53-/m1/s1. The minimum atomic E-state index is -3.69. The summed E-state index contributed by atoms with van der Waals surface area (Å²) in [5, 5.41) is 77.9. The van der Waals surface area contributed by atoms with E-state index in [0.717, 1.165) is 0 Å². The molecule has 1 aromatic heterocycles. The van der Waals surface area contributed by atoms with Gasteiger partial charge in [-0.25, -0.2) is 17.5 Å². The summed E-state index contributed by atoms with van der Waals surface area (Å²) in [5.41, 5.74) is -3.53. The number of hydrogen-bond acceptors (Lipinski definition) is 19. The van der Waals surface area contributed by atoms with Crippen LogP contribution in [0.1, 0.15) is 118 Å². The first-order valence-electron chi connectivity index (χ1n) is 26.6. The number of rotatable bonds is 17. The summed E-state index contributed by atoms with van der Waals surface area (Å²) in [4.78, 5) is 18.5. The van der Waals surface area contributed by atoms with Crippen molar-refractivity contribution in [1.29, 1.82) is 0 Å². The quantitative estimate of drug-likeness (QED) is 0.124. The Morgan fingerprint density at radius 2 is 1.64 bits per heavy atom. The average Bonchev–Trinajstić information content (AvgIpc) is 3.83. The number of hydrogen-bond donors (Lipinski definition) is 6. The maximum atomic E-state index is 14.8. The van der Waals surface area contributed by atoms with Crippen LogP contribution in [0.25, 0.3) is 0 Å². The molecule has 0 amide bonds. The molecule has 0 saturated carbocycles. The first-order valence-corrected chi connectivity index (χ1v) is 28.2. The van der Waals surface area contributed by atoms with Crippen molar-refractivity contribution in [3.8, 4) is 0 Å². The van der Waals surface area contributed by atoms with Crippen LogP contribution in [0.2, 0.25) is 0 Å². The van der Waals surface area contributed by atoms with Crippen molar-refractivity contribution in [2.75, 3.05) is 60.4 Å². The lowest BCUT2D eigenvalue weighted by atomic mass is 9.68. The summed E-state index contributed by atoms with van der Waals surface area (Å²) in [7, 11) is 2.92. The Morgan fingerprint density at radius 3 is 2.23 bits per heavy atom. The van der Waals surface area contributed by atoms with Gasteiger partial charge in [0.25, 0.3) is 0 Å². The number of aliphatic hydroxyl groups excluding tert-OH is 4. The third-order valence-electron chi connectivity index (χ3n) is 16.8. The van der Waals surface area contributed by atoms with E-state index in [1.54, 1.807) is 59.9 Å². The molecule has 0 radical (unpaired) electrons. The number of aliphatic hydroxyl groups is 6. The highest BCUT2D eigenvalue weighted by atomic mass is 32.2. The zero-order chi connectivity index (χ0) is 56.1. The number of ether oxygens (including phenoxy) is 6. The van der Waals surface area contributed by atoms with Crippen molar-refractivity contribution in [3.05, 3.63) is 41.7 Å². The van der Waals surface area contributed by atoms with Crippen LogP contribution in [0, 0.1) is 23.7 Å². The number of carbonyl (C=O) groups is 1. The molecule has 3 saturated heterocycles. The molecule has 0 aliphatic carbocycles. The van der Waals surface area contributed by atoms with Gasteiger partial charge in [0.2, 0.25) is 0 Å². The minimum absolute atomic E-state index is 0.0244. The van der Waals surface area contributed by atoms with E-state index in [4.69, 9.17) is 28.4 Å². The second kappa shape index (κ2) is 26.0. The second-order valence-electron chi connectivity index (χ2n) is 22.7. The summed E-state index contributed by atoms with van der Waals surface area (Å²) in [6.07, 6.45) is -6.93. The lowest BCUT2D eigenvalue weighted by Crippen LogP contribution is -2.62. The number of nitrogens with zero attached hydrogens (tertiary/aromatic N) is 5. The fourth-order valence-corrected chi connectivity index (χ4v) is 13.2. The monoisotopic (exact) mass is 1090 g/mol.